The summed E-state index contributed by atoms with van der Waals surface area (Å²) in [5.41, 5.74) is 3.88. The molecule has 0 aromatic carbocycles. The van der Waals surface area contributed by atoms with Gasteiger partial charge in [0.2, 0.25) is 0 Å². The van der Waals surface area contributed by atoms with Crippen LogP contribution in [0, 0.1) is 46.3 Å². The molecule has 0 heterocycles. The minimum atomic E-state index is 0.0376. The summed E-state index contributed by atoms with van der Waals surface area (Å²) in [6.45, 7) is 19.0. The Morgan fingerprint density at radius 3 is 2.33 bits per heavy atom. The van der Waals surface area contributed by atoms with E-state index in [0.29, 0.717) is 23.2 Å². The molecule has 0 amide bonds. The Morgan fingerprint density at radius 2 is 1.58 bits per heavy atom. The Labute approximate surface area is 297 Å². The largest absolute Gasteiger partial charge is 0.462 e. The van der Waals surface area contributed by atoms with Crippen molar-refractivity contribution in [3.8, 4) is 0 Å². The van der Waals surface area contributed by atoms with Gasteiger partial charge < -0.3 is 4.74 Å². The number of carbonyl (C=O) groups excluding carboxylic acids is 1. The van der Waals surface area contributed by atoms with Crippen molar-refractivity contribution in [2.45, 2.75) is 176 Å². The molecule has 2 heteroatoms. The van der Waals surface area contributed by atoms with Crippen molar-refractivity contribution >= 4 is 5.97 Å². The quantitative estimate of drug-likeness (QED) is 0.0784. The van der Waals surface area contributed by atoms with E-state index in [0.717, 1.165) is 74.5 Å². The fourth-order valence-corrected chi connectivity index (χ4v) is 10.7. The monoisotopic (exact) mass is 659 g/mol. The first-order chi connectivity index (χ1) is 23.1. The van der Waals surface area contributed by atoms with Crippen LogP contribution in [0.15, 0.2) is 60.3 Å². The number of hydrogen-bond donors (Lipinski definition) is 0. The van der Waals surface area contributed by atoms with Crippen LogP contribution in [0.2, 0.25) is 0 Å². The molecular weight excluding hydrogens is 585 g/mol. The lowest BCUT2D eigenvalue weighted by atomic mass is 9.47. The molecule has 8 atom stereocenters. The van der Waals surface area contributed by atoms with Crippen LogP contribution in [0.4, 0.5) is 0 Å². The molecule has 3 fully saturated rings. The molecule has 4 aliphatic rings. The number of unbranched alkanes of at least 4 members (excludes halogenated alkanes) is 5. The zero-order valence-corrected chi connectivity index (χ0v) is 32.2. The van der Waals surface area contributed by atoms with Crippen LogP contribution in [0.5, 0.6) is 0 Å². The number of fused-ring (bicyclic) bond motifs is 5. The van der Waals surface area contributed by atoms with E-state index in [1.54, 1.807) is 5.57 Å². The van der Waals surface area contributed by atoms with Gasteiger partial charge in [0, 0.05) is 12.8 Å². The predicted octanol–water partition coefficient (Wildman–Crippen LogP) is 13.7. The van der Waals surface area contributed by atoms with Gasteiger partial charge in [-0.3, -0.25) is 4.79 Å². The summed E-state index contributed by atoms with van der Waals surface area (Å²) in [6, 6.07) is 0. The topological polar surface area (TPSA) is 26.3 Å². The molecule has 2 nitrogen and oxygen atoms in total. The summed E-state index contributed by atoms with van der Waals surface area (Å²) < 4.78 is 6.12. The van der Waals surface area contributed by atoms with E-state index < -0.39 is 0 Å². The van der Waals surface area contributed by atoms with Crippen molar-refractivity contribution in [3.63, 3.8) is 0 Å². The zero-order valence-electron chi connectivity index (χ0n) is 32.2. The maximum Gasteiger partial charge on any atom is 0.306 e. The highest BCUT2D eigenvalue weighted by molar-refractivity contribution is 5.69. The van der Waals surface area contributed by atoms with Gasteiger partial charge in [-0.05, 0) is 143 Å². The zero-order chi connectivity index (χ0) is 34.6. The summed E-state index contributed by atoms with van der Waals surface area (Å²) in [6.07, 6.45) is 39.7. The highest BCUT2D eigenvalue weighted by atomic mass is 16.5. The summed E-state index contributed by atoms with van der Waals surface area (Å²) in [4.78, 5) is 12.8. The molecule has 48 heavy (non-hydrogen) atoms. The van der Waals surface area contributed by atoms with Gasteiger partial charge in [0.1, 0.15) is 6.10 Å². The van der Waals surface area contributed by atoms with Gasteiger partial charge in [-0.15, -0.1) is 0 Å². The molecule has 0 N–H and O–H groups in total. The standard InChI is InChI=1S/C46H74O2/c1-8-9-10-11-12-13-14-15-16-17-18-19-20-21-22-23-44(47)48-39-30-32-45(6)38(34-39)26-27-40-42-29-28-41(46(42,7)33-31-43(40)45)37(5)25-24-36(4)35(2)3/h9-10,12-13,15-16,26,35,37,39-43H,4,8,11,14,17-25,27-34H2,1-3,5-7H3/t37-,39?,40+,41-,42+,43+,45+,46-/m1/s1. The van der Waals surface area contributed by atoms with Crippen LogP contribution in [-0.4, -0.2) is 12.1 Å². The third-order valence-electron chi connectivity index (χ3n) is 13.9. The molecule has 4 rings (SSSR count). The third kappa shape index (κ3) is 10.1. The van der Waals surface area contributed by atoms with Crippen LogP contribution < -0.4 is 0 Å². The SMILES string of the molecule is C=C(CC[C@@H](C)[C@H]1CC[C@H]2[C@@H]3CC=C4CC(OC(=O)CCCCCCCC=CCC=CCC=CCC)CC[C@]4(C)[C@H]3CC[C@]12C)C(C)C. The van der Waals surface area contributed by atoms with E-state index in [4.69, 9.17) is 4.74 Å². The van der Waals surface area contributed by atoms with E-state index in [1.165, 1.54) is 82.6 Å². The minimum absolute atomic E-state index is 0.0376. The highest BCUT2D eigenvalue weighted by Crippen LogP contribution is 2.67. The Hall–Kier alpha value is -1.83. The molecule has 0 aromatic rings. The molecule has 1 unspecified atom stereocenters. The Bertz CT molecular complexity index is 1140. The summed E-state index contributed by atoms with van der Waals surface area (Å²) in [5.74, 6) is 4.85. The maximum atomic E-state index is 12.8. The summed E-state index contributed by atoms with van der Waals surface area (Å²) >= 11 is 0. The van der Waals surface area contributed by atoms with Crippen LogP contribution in [0.1, 0.15) is 170 Å². The molecule has 270 valence electrons. The van der Waals surface area contributed by atoms with Crippen LogP contribution in [0.3, 0.4) is 0 Å². The van der Waals surface area contributed by atoms with E-state index in [1.807, 2.05) is 0 Å². The molecule has 3 saturated carbocycles. The number of esters is 1. The third-order valence-corrected chi connectivity index (χ3v) is 13.9. The van der Waals surface area contributed by atoms with Crippen molar-refractivity contribution < 1.29 is 9.53 Å². The smallest absolute Gasteiger partial charge is 0.306 e. The van der Waals surface area contributed by atoms with E-state index in [2.05, 4.69) is 90.7 Å². The minimum Gasteiger partial charge on any atom is -0.462 e. The molecular formula is C46H74O2. The number of ether oxygens (including phenoxy) is 1. The average molecular weight is 659 g/mol. The van der Waals surface area contributed by atoms with Gasteiger partial charge in [0.15, 0.2) is 0 Å². The van der Waals surface area contributed by atoms with Crippen LogP contribution in [-0.2, 0) is 9.53 Å². The predicted molar refractivity (Wildman–Crippen MR) is 207 cm³/mol. The van der Waals surface area contributed by atoms with E-state index >= 15 is 0 Å². The second kappa shape index (κ2) is 19.0. The Morgan fingerprint density at radius 1 is 0.875 bits per heavy atom. The molecule has 0 bridgehead atoms. The summed E-state index contributed by atoms with van der Waals surface area (Å²) in [7, 11) is 0. The van der Waals surface area contributed by atoms with Crippen molar-refractivity contribution in [2.75, 3.05) is 0 Å². The van der Waals surface area contributed by atoms with Crippen LogP contribution >= 0.6 is 0 Å². The molecule has 0 saturated heterocycles. The van der Waals surface area contributed by atoms with E-state index in [9.17, 15) is 4.79 Å². The molecule has 0 aromatic heterocycles. The Kier molecular flexibility index (Phi) is 15.4. The van der Waals surface area contributed by atoms with Gasteiger partial charge in [-0.25, -0.2) is 0 Å². The van der Waals surface area contributed by atoms with Gasteiger partial charge >= 0.3 is 5.97 Å². The molecule has 0 radical (unpaired) electrons. The van der Waals surface area contributed by atoms with Gasteiger partial charge in [0.05, 0.1) is 0 Å². The maximum absolute atomic E-state index is 12.8. The first-order valence-corrected chi connectivity index (χ1v) is 20.6. The lowest BCUT2D eigenvalue weighted by molar-refractivity contribution is -0.151. The number of allylic oxidation sites excluding steroid dienone is 8. The van der Waals surface area contributed by atoms with Crippen molar-refractivity contribution in [1.29, 1.82) is 0 Å². The van der Waals surface area contributed by atoms with Crippen molar-refractivity contribution in [3.05, 3.63) is 60.3 Å². The number of rotatable bonds is 19. The lowest BCUT2D eigenvalue weighted by Crippen LogP contribution is -2.51. The fourth-order valence-electron chi connectivity index (χ4n) is 10.7. The van der Waals surface area contributed by atoms with Crippen molar-refractivity contribution in [1.82, 2.24) is 0 Å². The fraction of sp³-hybridized carbons (Fsp3) is 0.761. The van der Waals surface area contributed by atoms with Gasteiger partial charge in [-0.2, -0.15) is 0 Å². The molecule has 4 aliphatic carbocycles. The first kappa shape index (κ1) is 39.0. The van der Waals surface area contributed by atoms with E-state index in [-0.39, 0.29) is 12.1 Å². The van der Waals surface area contributed by atoms with Crippen molar-refractivity contribution in [2.24, 2.45) is 46.3 Å². The first-order valence-electron chi connectivity index (χ1n) is 20.6. The average Bonchev–Trinajstić information content (AvgIpc) is 3.42. The number of hydrogen-bond acceptors (Lipinski definition) is 2. The second-order valence-corrected chi connectivity index (χ2v) is 17.3. The lowest BCUT2D eigenvalue weighted by Gasteiger charge is -2.58. The summed E-state index contributed by atoms with van der Waals surface area (Å²) in [5, 5.41) is 0. The normalized spacial score (nSPS) is 32.4. The second-order valence-electron chi connectivity index (χ2n) is 17.3. The molecule has 0 spiro atoms. The highest BCUT2D eigenvalue weighted by Gasteiger charge is 2.59. The van der Waals surface area contributed by atoms with Crippen LogP contribution in [0.25, 0.3) is 0 Å². The Balaban J connectivity index is 1.14. The van der Waals surface area contributed by atoms with Gasteiger partial charge in [-0.1, -0.05) is 121 Å². The number of carbonyl (C=O) groups is 1. The van der Waals surface area contributed by atoms with Gasteiger partial charge in [0.25, 0.3) is 0 Å². The molecule has 0 aliphatic heterocycles.